The van der Waals surface area contributed by atoms with Crippen LogP contribution < -0.4 is 4.90 Å². The first-order chi connectivity index (χ1) is 6.97. The highest BCUT2D eigenvalue weighted by molar-refractivity contribution is 6.38. The lowest BCUT2D eigenvalue weighted by Crippen LogP contribution is -2.15. The first kappa shape index (κ1) is 12.0. The summed E-state index contributed by atoms with van der Waals surface area (Å²) < 4.78 is 4.50. The molecule has 0 saturated heterocycles. The second-order valence-corrected chi connectivity index (χ2v) is 3.58. The summed E-state index contributed by atoms with van der Waals surface area (Å²) in [6.45, 7) is 0. The van der Waals surface area contributed by atoms with Crippen molar-refractivity contribution >= 4 is 35.1 Å². The smallest absolute Gasteiger partial charge is 0.344 e. The molecule has 0 bridgehead atoms. The quantitative estimate of drug-likeness (QED) is 0.589. The van der Waals surface area contributed by atoms with Gasteiger partial charge in [-0.2, -0.15) is 9.97 Å². The largest absolute Gasteiger partial charge is 0.465 e. The molecule has 1 heterocycles. The minimum Gasteiger partial charge on any atom is -0.465 e. The van der Waals surface area contributed by atoms with Crippen LogP contribution in [0, 0.1) is 0 Å². The summed E-state index contributed by atoms with van der Waals surface area (Å²) in [6.07, 6.45) is 0. The number of nitrogens with zero attached hydrogens (tertiary/aromatic N) is 3. The maximum atomic E-state index is 11.3. The minimum absolute atomic E-state index is 0.0218. The Morgan fingerprint density at radius 3 is 2.07 bits per heavy atom. The van der Waals surface area contributed by atoms with Gasteiger partial charge >= 0.3 is 5.97 Å². The van der Waals surface area contributed by atoms with Gasteiger partial charge in [0.05, 0.1) is 7.11 Å². The molecule has 0 N–H and O–H groups in total. The van der Waals surface area contributed by atoms with E-state index in [0.29, 0.717) is 5.95 Å². The van der Waals surface area contributed by atoms with E-state index in [0.717, 1.165) is 0 Å². The SMILES string of the molecule is COC(=O)c1c(Cl)nc(N(C)C)nc1Cl. The Balaban J connectivity index is 3.27. The summed E-state index contributed by atoms with van der Waals surface area (Å²) in [5, 5.41) is -0.0453. The highest BCUT2D eigenvalue weighted by Gasteiger charge is 2.19. The molecule has 0 unspecified atom stereocenters. The third-order valence-electron chi connectivity index (χ3n) is 1.60. The van der Waals surface area contributed by atoms with Crippen LogP contribution in [0.5, 0.6) is 0 Å². The fraction of sp³-hybridized carbons (Fsp3) is 0.375. The topological polar surface area (TPSA) is 55.3 Å². The van der Waals surface area contributed by atoms with E-state index in [4.69, 9.17) is 23.2 Å². The van der Waals surface area contributed by atoms with Gasteiger partial charge in [-0.15, -0.1) is 0 Å². The molecule has 0 amide bonds. The molecule has 0 aromatic carbocycles. The highest BCUT2D eigenvalue weighted by Crippen LogP contribution is 2.24. The molecular weight excluding hydrogens is 241 g/mol. The zero-order chi connectivity index (χ0) is 11.6. The average molecular weight is 250 g/mol. The van der Waals surface area contributed by atoms with E-state index in [9.17, 15) is 4.79 Å². The van der Waals surface area contributed by atoms with Crippen molar-refractivity contribution in [2.75, 3.05) is 26.1 Å². The van der Waals surface area contributed by atoms with Crippen LogP contribution in [-0.4, -0.2) is 37.1 Å². The fourth-order valence-corrected chi connectivity index (χ4v) is 1.40. The van der Waals surface area contributed by atoms with E-state index >= 15 is 0 Å². The number of carbonyl (C=O) groups excluding carboxylic acids is 1. The van der Waals surface area contributed by atoms with Gasteiger partial charge < -0.3 is 9.64 Å². The standard InChI is InChI=1S/C8H9Cl2N3O2/c1-13(2)8-11-5(9)4(6(10)12-8)7(14)15-3/h1-3H3. The van der Waals surface area contributed by atoms with Crippen molar-refractivity contribution < 1.29 is 9.53 Å². The van der Waals surface area contributed by atoms with Crippen molar-refractivity contribution in [3.63, 3.8) is 0 Å². The zero-order valence-corrected chi connectivity index (χ0v) is 9.93. The maximum Gasteiger partial charge on any atom is 0.344 e. The van der Waals surface area contributed by atoms with Crippen LogP contribution in [0.25, 0.3) is 0 Å². The number of carbonyl (C=O) groups is 1. The zero-order valence-electron chi connectivity index (χ0n) is 8.41. The molecule has 0 saturated carbocycles. The number of hydrogen-bond acceptors (Lipinski definition) is 5. The minimum atomic E-state index is -0.657. The lowest BCUT2D eigenvalue weighted by molar-refractivity contribution is 0.0600. The molecule has 0 aliphatic rings. The van der Waals surface area contributed by atoms with E-state index < -0.39 is 5.97 Å². The van der Waals surface area contributed by atoms with Gasteiger partial charge in [0.1, 0.15) is 5.56 Å². The normalized spacial score (nSPS) is 9.93. The van der Waals surface area contributed by atoms with Crippen molar-refractivity contribution in [3.8, 4) is 0 Å². The number of halogens is 2. The molecule has 0 aliphatic carbocycles. The Bertz CT molecular complexity index is 372. The second-order valence-electron chi connectivity index (χ2n) is 2.87. The molecule has 7 heteroatoms. The lowest BCUT2D eigenvalue weighted by Gasteiger charge is -2.11. The number of esters is 1. The molecule has 5 nitrogen and oxygen atoms in total. The predicted molar refractivity (Wildman–Crippen MR) is 57.7 cm³/mol. The Labute approximate surface area is 97.0 Å². The molecule has 0 atom stereocenters. The van der Waals surface area contributed by atoms with Gasteiger partial charge in [0.2, 0.25) is 5.95 Å². The number of aromatic nitrogens is 2. The van der Waals surface area contributed by atoms with E-state index in [1.807, 2.05) is 0 Å². The van der Waals surface area contributed by atoms with Crippen molar-refractivity contribution in [1.29, 1.82) is 0 Å². The Morgan fingerprint density at radius 1 is 1.27 bits per heavy atom. The first-order valence-electron chi connectivity index (χ1n) is 3.96. The van der Waals surface area contributed by atoms with Crippen LogP contribution in [0.15, 0.2) is 0 Å². The van der Waals surface area contributed by atoms with Crippen LogP contribution in [-0.2, 0) is 4.74 Å². The van der Waals surface area contributed by atoms with Gasteiger partial charge in [-0.05, 0) is 0 Å². The number of rotatable bonds is 2. The van der Waals surface area contributed by atoms with E-state index in [1.54, 1.807) is 19.0 Å². The van der Waals surface area contributed by atoms with Crippen LogP contribution in [0.1, 0.15) is 10.4 Å². The van der Waals surface area contributed by atoms with Crippen LogP contribution in [0.4, 0.5) is 5.95 Å². The summed E-state index contributed by atoms with van der Waals surface area (Å²) in [6, 6.07) is 0. The third-order valence-corrected chi connectivity index (χ3v) is 2.15. The Hall–Kier alpha value is -1.07. The third kappa shape index (κ3) is 2.49. The summed E-state index contributed by atoms with van der Waals surface area (Å²) in [7, 11) is 4.70. The van der Waals surface area contributed by atoms with Gasteiger partial charge in [0, 0.05) is 14.1 Å². The van der Waals surface area contributed by atoms with Crippen molar-refractivity contribution in [2.24, 2.45) is 0 Å². The molecule has 1 rings (SSSR count). The van der Waals surface area contributed by atoms with Gasteiger partial charge in [-0.25, -0.2) is 4.79 Å². The number of methoxy groups -OCH3 is 1. The molecule has 1 aromatic rings. The number of hydrogen-bond donors (Lipinski definition) is 0. The molecule has 0 radical (unpaired) electrons. The molecular formula is C8H9Cl2N3O2. The summed E-state index contributed by atoms with van der Waals surface area (Å²) in [5.41, 5.74) is -0.0218. The Morgan fingerprint density at radius 2 is 1.73 bits per heavy atom. The average Bonchev–Trinajstić information content (AvgIpc) is 2.16. The predicted octanol–water partition coefficient (Wildman–Crippen LogP) is 1.64. The molecule has 0 fully saturated rings. The lowest BCUT2D eigenvalue weighted by atomic mass is 10.3. The molecule has 0 spiro atoms. The van der Waals surface area contributed by atoms with Crippen LogP contribution in [0.2, 0.25) is 10.3 Å². The van der Waals surface area contributed by atoms with E-state index in [2.05, 4.69) is 14.7 Å². The maximum absolute atomic E-state index is 11.3. The first-order valence-corrected chi connectivity index (χ1v) is 4.71. The molecule has 82 valence electrons. The van der Waals surface area contributed by atoms with Gasteiger partial charge in [0.25, 0.3) is 0 Å². The van der Waals surface area contributed by atoms with Gasteiger partial charge in [-0.1, -0.05) is 23.2 Å². The Kier molecular flexibility index (Phi) is 3.71. The van der Waals surface area contributed by atoms with Crippen molar-refractivity contribution in [1.82, 2.24) is 9.97 Å². The molecule has 15 heavy (non-hydrogen) atoms. The van der Waals surface area contributed by atoms with Gasteiger partial charge in [-0.3, -0.25) is 0 Å². The van der Waals surface area contributed by atoms with Crippen LogP contribution >= 0.6 is 23.2 Å². The summed E-state index contributed by atoms with van der Waals surface area (Å²) in [4.78, 5) is 20.7. The van der Waals surface area contributed by atoms with Gasteiger partial charge in [0.15, 0.2) is 10.3 Å². The summed E-state index contributed by atoms with van der Waals surface area (Å²) >= 11 is 11.6. The fourth-order valence-electron chi connectivity index (χ4n) is 0.868. The van der Waals surface area contributed by atoms with E-state index in [1.165, 1.54) is 7.11 Å². The number of anilines is 1. The number of ether oxygens (including phenoxy) is 1. The summed E-state index contributed by atoms with van der Waals surface area (Å²) in [5.74, 6) is -0.326. The second kappa shape index (κ2) is 4.63. The van der Waals surface area contributed by atoms with Crippen molar-refractivity contribution in [2.45, 2.75) is 0 Å². The molecule has 0 aliphatic heterocycles. The highest BCUT2D eigenvalue weighted by atomic mass is 35.5. The van der Waals surface area contributed by atoms with Crippen LogP contribution in [0.3, 0.4) is 0 Å². The van der Waals surface area contributed by atoms with E-state index in [-0.39, 0.29) is 15.9 Å². The monoisotopic (exact) mass is 249 g/mol. The van der Waals surface area contributed by atoms with Crippen molar-refractivity contribution in [3.05, 3.63) is 15.9 Å². The molecule has 1 aromatic heterocycles.